The van der Waals surface area contributed by atoms with Gasteiger partial charge in [-0.2, -0.15) is 0 Å². The summed E-state index contributed by atoms with van der Waals surface area (Å²) in [6.07, 6.45) is 0.300. The lowest BCUT2D eigenvalue weighted by Crippen LogP contribution is -2.00. The van der Waals surface area contributed by atoms with Gasteiger partial charge in [0.15, 0.2) is 11.6 Å². The summed E-state index contributed by atoms with van der Waals surface area (Å²) in [6, 6.07) is 8.82. The molecule has 0 radical (unpaired) electrons. The second-order valence-electron chi connectivity index (χ2n) is 4.39. The molecule has 0 aromatic heterocycles. The molecule has 0 fully saturated rings. The normalized spacial score (nSPS) is 12.5. The number of hydrogen-bond acceptors (Lipinski definition) is 0. The smallest absolute Gasteiger partial charge is 0.162 e. The van der Waals surface area contributed by atoms with E-state index in [1.165, 1.54) is 12.1 Å². The van der Waals surface area contributed by atoms with Gasteiger partial charge >= 0.3 is 0 Å². The van der Waals surface area contributed by atoms with E-state index in [-0.39, 0.29) is 10.6 Å². The first-order valence-electron chi connectivity index (χ1n) is 5.82. The molecule has 0 heterocycles. The molecule has 100 valence electrons. The highest BCUT2D eigenvalue weighted by molar-refractivity contribution is 9.09. The number of hydrogen-bond donors (Lipinski definition) is 0. The minimum atomic E-state index is -0.854. The van der Waals surface area contributed by atoms with Gasteiger partial charge in [-0.1, -0.05) is 40.2 Å². The van der Waals surface area contributed by atoms with Crippen LogP contribution in [0.15, 0.2) is 36.4 Å². The van der Waals surface area contributed by atoms with Crippen LogP contribution in [-0.2, 0) is 6.42 Å². The van der Waals surface area contributed by atoms with Gasteiger partial charge in [-0.3, -0.25) is 0 Å². The van der Waals surface area contributed by atoms with Crippen LogP contribution in [0.5, 0.6) is 0 Å². The maximum Gasteiger partial charge on any atom is 0.162 e. The van der Waals surface area contributed by atoms with Crippen LogP contribution in [0.1, 0.15) is 21.5 Å². The molecular formula is C15H12BrF3. The van der Waals surface area contributed by atoms with Crippen molar-refractivity contribution in [3.8, 4) is 0 Å². The van der Waals surface area contributed by atoms with Crippen molar-refractivity contribution in [2.45, 2.75) is 18.2 Å². The Morgan fingerprint density at radius 3 is 2.47 bits per heavy atom. The molecule has 2 aromatic rings. The van der Waals surface area contributed by atoms with E-state index in [1.54, 1.807) is 25.1 Å². The van der Waals surface area contributed by atoms with E-state index in [0.29, 0.717) is 17.5 Å². The second kappa shape index (κ2) is 5.78. The van der Waals surface area contributed by atoms with Crippen molar-refractivity contribution in [1.29, 1.82) is 0 Å². The molecule has 19 heavy (non-hydrogen) atoms. The highest BCUT2D eigenvalue weighted by Gasteiger charge is 2.14. The predicted molar refractivity (Wildman–Crippen MR) is 72.9 cm³/mol. The average Bonchev–Trinajstić information content (AvgIpc) is 2.38. The van der Waals surface area contributed by atoms with Crippen LogP contribution in [0.2, 0.25) is 0 Å². The third-order valence-corrected chi connectivity index (χ3v) is 3.83. The minimum Gasteiger partial charge on any atom is -0.207 e. The van der Waals surface area contributed by atoms with E-state index in [1.807, 2.05) is 0 Å². The summed E-state index contributed by atoms with van der Waals surface area (Å²) in [4.78, 5) is -0.192. The van der Waals surface area contributed by atoms with Crippen LogP contribution >= 0.6 is 15.9 Å². The lowest BCUT2D eigenvalue weighted by atomic mass is 10.0. The first kappa shape index (κ1) is 14.1. The fraction of sp³-hybridized carbons (Fsp3) is 0.200. The quantitative estimate of drug-likeness (QED) is 0.688. The summed E-state index contributed by atoms with van der Waals surface area (Å²) < 4.78 is 39.9. The van der Waals surface area contributed by atoms with Gasteiger partial charge in [0.05, 0.1) is 0 Å². The Labute approximate surface area is 118 Å². The molecule has 0 bridgehead atoms. The number of halogens is 4. The van der Waals surface area contributed by atoms with Gasteiger partial charge in [0, 0.05) is 4.83 Å². The van der Waals surface area contributed by atoms with E-state index in [2.05, 4.69) is 15.9 Å². The molecule has 0 spiro atoms. The van der Waals surface area contributed by atoms with E-state index >= 15 is 0 Å². The Hall–Kier alpha value is -1.29. The molecular weight excluding hydrogens is 317 g/mol. The molecule has 0 aliphatic rings. The van der Waals surface area contributed by atoms with E-state index in [4.69, 9.17) is 0 Å². The number of alkyl halides is 1. The third-order valence-electron chi connectivity index (χ3n) is 2.97. The standard InChI is InChI=1S/C15H12BrF3/c1-9-7-10(5-6-13(9)17)12(16)8-11-3-2-4-14(18)15(11)19/h2-7,12H,8H2,1H3. The Bertz CT molecular complexity index is 596. The fourth-order valence-corrected chi connectivity index (χ4v) is 2.51. The van der Waals surface area contributed by atoms with E-state index in [0.717, 1.165) is 11.6 Å². The molecule has 4 heteroatoms. The topological polar surface area (TPSA) is 0 Å². The van der Waals surface area contributed by atoms with Crippen LogP contribution in [0.4, 0.5) is 13.2 Å². The molecule has 2 rings (SSSR count). The zero-order valence-electron chi connectivity index (χ0n) is 10.3. The van der Waals surface area contributed by atoms with Crippen LogP contribution in [0.25, 0.3) is 0 Å². The summed E-state index contributed by atoms with van der Waals surface area (Å²) in [5.74, 6) is -1.96. The second-order valence-corrected chi connectivity index (χ2v) is 5.50. The van der Waals surface area contributed by atoms with Crippen LogP contribution < -0.4 is 0 Å². The molecule has 1 unspecified atom stereocenters. The highest BCUT2D eigenvalue weighted by Crippen LogP contribution is 2.29. The maximum atomic E-state index is 13.6. The van der Waals surface area contributed by atoms with Crippen LogP contribution in [0, 0.1) is 24.4 Å². The zero-order chi connectivity index (χ0) is 14.0. The molecule has 0 saturated heterocycles. The van der Waals surface area contributed by atoms with Crippen molar-refractivity contribution in [2.24, 2.45) is 0 Å². The third kappa shape index (κ3) is 3.18. The van der Waals surface area contributed by atoms with E-state index in [9.17, 15) is 13.2 Å². The molecule has 0 nitrogen and oxygen atoms in total. The molecule has 0 aliphatic heterocycles. The van der Waals surface area contributed by atoms with Gasteiger partial charge in [0.25, 0.3) is 0 Å². The Balaban J connectivity index is 2.23. The van der Waals surface area contributed by atoms with Crippen molar-refractivity contribution in [3.63, 3.8) is 0 Å². The Kier molecular flexibility index (Phi) is 4.30. The lowest BCUT2D eigenvalue weighted by molar-refractivity contribution is 0.498. The summed E-state index contributed by atoms with van der Waals surface area (Å²) in [7, 11) is 0. The largest absolute Gasteiger partial charge is 0.207 e. The van der Waals surface area contributed by atoms with Crippen LogP contribution in [-0.4, -0.2) is 0 Å². The van der Waals surface area contributed by atoms with Crippen molar-refractivity contribution in [2.75, 3.05) is 0 Å². The molecule has 0 amide bonds. The molecule has 1 atom stereocenters. The van der Waals surface area contributed by atoms with Gasteiger partial charge in [0.1, 0.15) is 5.82 Å². The predicted octanol–water partition coefficient (Wildman–Crippen LogP) is 5.09. The average molecular weight is 329 g/mol. The number of rotatable bonds is 3. The minimum absolute atomic E-state index is 0.192. The summed E-state index contributed by atoms with van der Waals surface area (Å²) in [5, 5.41) is 0. The highest BCUT2D eigenvalue weighted by atomic mass is 79.9. The van der Waals surface area contributed by atoms with Gasteiger partial charge in [-0.05, 0) is 42.2 Å². The monoisotopic (exact) mass is 328 g/mol. The summed E-state index contributed by atoms with van der Waals surface area (Å²) in [5.41, 5.74) is 1.66. The summed E-state index contributed by atoms with van der Waals surface area (Å²) in [6.45, 7) is 1.67. The Morgan fingerprint density at radius 1 is 1.05 bits per heavy atom. The SMILES string of the molecule is Cc1cc(C(Br)Cc2cccc(F)c2F)ccc1F. The van der Waals surface area contributed by atoms with E-state index < -0.39 is 11.6 Å². The van der Waals surface area contributed by atoms with Gasteiger partial charge in [0.2, 0.25) is 0 Å². The zero-order valence-corrected chi connectivity index (χ0v) is 11.8. The first-order valence-corrected chi connectivity index (χ1v) is 6.73. The number of benzene rings is 2. The summed E-state index contributed by atoms with van der Waals surface area (Å²) >= 11 is 3.43. The van der Waals surface area contributed by atoms with Crippen molar-refractivity contribution in [1.82, 2.24) is 0 Å². The van der Waals surface area contributed by atoms with Crippen molar-refractivity contribution >= 4 is 15.9 Å². The Morgan fingerprint density at radius 2 is 1.79 bits per heavy atom. The molecule has 2 aromatic carbocycles. The molecule has 0 saturated carbocycles. The first-order chi connectivity index (χ1) is 8.99. The fourth-order valence-electron chi connectivity index (χ4n) is 1.88. The van der Waals surface area contributed by atoms with Crippen molar-refractivity contribution in [3.05, 3.63) is 70.5 Å². The van der Waals surface area contributed by atoms with Crippen molar-refractivity contribution < 1.29 is 13.2 Å². The number of aryl methyl sites for hydroxylation is 1. The maximum absolute atomic E-state index is 13.6. The van der Waals surface area contributed by atoms with Crippen LogP contribution in [0.3, 0.4) is 0 Å². The lowest BCUT2D eigenvalue weighted by Gasteiger charge is -2.12. The van der Waals surface area contributed by atoms with Gasteiger partial charge in [-0.25, -0.2) is 13.2 Å². The van der Waals surface area contributed by atoms with Gasteiger partial charge in [-0.15, -0.1) is 0 Å². The molecule has 0 N–H and O–H groups in total. The molecule has 0 aliphatic carbocycles. The van der Waals surface area contributed by atoms with Gasteiger partial charge < -0.3 is 0 Å².